The van der Waals surface area contributed by atoms with E-state index in [-0.39, 0.29) is 17.1 Å². The first-order valence-electron chi connectivity index (χ1n) is 11.0. The summed E-state index contributed by atoms with van der Waals surface area (Å²) < 4.78 is 7.22. The van der Waals surface area contributed by atoms with Gasteiger partial charge >= 0.3 is 0 Å². The fourth-order valence-corrected chi connectivity index (χ4v) is 3.93. The Morgan fingerprint density at radius 1 is 0.917 bits per heavy atom. The van der Waals surface area contributed by atoms with Crippen LogP contribution >= 0.6 is 11.6 Å². The Kier molecular flexibility index (Phi) is 6.10. The molecule has 0 bridgehead atoms. The number of anilines is 2. The summed E-state index contributed by atoms with van der Waals surface area (Å²) in [4.78, 5) is 38.9. The highest BCUT2D eigenvalue weighted by Crippen LogP contribution is 2.32. The van der Waals surface area contributed by atoms with E-state index in [9.17, 15) is 14.4 Å². The van der Waals surface area contributed by atoms with E-state index in [1.165, 1.54) is 16.9 Å². The minimum absolute atomic E-state index is 0.125. The van der Waals surface area contributed by atoms with Gasteiger partial charge < -0.3 is 15.1 Å². The molecule has 2 N–H and O–H groups in total. The summed E-state index contributed by atoms with van der Waals surface area (Å²) in [5.41, 5.74) is 1.78. The minimum Gasteiger partial charge on any atom is -0.449 e. The van der Waals surface area contributed by atoms with Crippen molar-refractivity contribution in [2.75, 3.05) is 10.6 Å². The van der Waals surface area contributed by atoms with Crippen LogP contribution in [0.3, 0.4) is 0 Å². The Labute approximate surface area is 210 Å². The van der Waals surface area contributed by atoms with Gasteiger partial charge in [-0.2, -0.15) is 5.10 Å². The number of halogens is 1. The van der Waals surface area contributed by atoms with Crippen LogP contribution in [0.2, 0.25) is 5.02 Å². The third-order valence-electron chi connectivity index (χ3n) is 5.41. The Bertz CT molecular complexity index is 1690. The highest BCUT2D eigenvalue weighted by Gasteiger charge is 2.24. The summed E-state index contributed by atoms with van der Waals surface area (Å²) in [5.74, 6) is -1.49. The van der Waals surface area contributed by atoms with Crippen molar-refractivity contribution in [3.8, 4) is 5.69 Å². The van der Waals surface area contributed by atoms with Crippen LogP contribution in [-0.4, -0.2) is 21.6 Å². The van der Waals surface area contributed by atoms with Crippen molar-refractivity contribution in [2.24, 2.45) is 0 Å². The second-order valence-electron chi connectivity index (χ2n) is 8.03. The molecule has 0 saturated carbocycles. The monoisotopic (exact) mass is 498 g/mol. The van der Waals surface area contributed by atoms with E-state index in [0.29, 0.717) is 27.4 Å². The molecule has 9 heteroatoms. The molecule has 0 unspecified atom stereocenters. The maximum Gasteiger partial charge on any atom is 0.293 e. The Balaban J connectivity index is 1.51. The van der Waals surface area contributed by atoms with Gasteiger partial charge in [-0.1, -0.05) is 41.9 Å². The fourth-order valence-electron chi connectivity index (χ4n) is 3.74. The molecule has 3 aromatic carbocycles. The van der Waals surface area contributed by atoms with Crippen molar-refractivity contribution in [3.63, 3.8) is 0 Å². The van der Waals surface area contributed by atoms with E-state index >= 15 is 0 Å². The number of benzene rings is 3. The summed E-state index contributed by atoms with van der Waals surface area (Å²) in [6.07, 6.45) is 1.49. The number of fused-ring (bicyclic) bond motifs is 1. The lowest BCUT2D eigenvalue weighted by Gasteiger charge is -2.09. The molecule has 5 aromatic rings. The average Bonchev–Trinajstić information content (AvgIpc) is 3.23. The maximum atomic E-state index is 13.2. The molecule has 2 aromatic heterocycles. The van der Waals surface area contributed by atoms with E-state index in [4.69, 9.17) is 16.0 Å². The number of carbonyl (C=O) groups excluding carboxylic acids is 2. The quantitative estimate of drug-likeness (QED) is 0.335. The molecule has 0 aliphatic carbocycles. The van der Waals surface area contributed by atoms with Crippen molar-refractivity contribution in [1.29, 1.82) is 0 Å². The van der Waals surface area contributed by atoms with Gasteiger partial charge in [0.2, 0.25) is 11.2 Å². The highest BCUT2D eigenvalue weighted by atomic mass is 35.5. The smallest absolute Gasteiger partial charge is 0.293 e. The number of nitrogens with zero attached hydrogens (tertiary/aromatic N) is 2. The van der Waals surface area contributed by atoms with Gasteiger partial charge in [0, 0.05) is 28.4 Å². The molecule has 0 radical (unpaired) electrons. The number of aromatic nitrogens is 2. The summed E-state index contributed by atoms with van der Waals surface area (Å²) in [7, 11) is 0. The molecule has 0 spiro atoms. The van der Waals surface area contributed by atoms with Gasteiger partial charge in [-0.25, -0.2) is 4.68 Å². The van der Waals surface area contributed by atoms with Crippen LogP contribution in [0, 0.1) is 6.92 Å². The molecular weight excluding hydrogens is 480 g/mol. The molecule has 2 amide bonds. The molecule has 0 atom stereocenters. The normalized spacial score (nSPS) is 10.8. The average molecular weight is 499 g/mol. The van der Waals surface area contributed by atoms with Crippen molar-refractivity contribution in [3.05, 3.63) is 117 Å². The summed E-state index contributed by atoms with van der Waals surface area (Å²) in [6, 6.07) is 22.2. The van der Waals surface area contributed by atoms with Crippen LogP contribution in [0.25, 0.3) is 16.7 Å². The van der Waals surface area contributed by atoms with E-state index < -0.39 is 17.2 Å². The van der Waals surface area contributed by atoms with Crippen LogP contribution in [0.4, 0.5) is 11.4 Å². The zero-order chi connectivity index (χ0) is 25.2. The van der Waals surface area contributed by atoms with Crippen LogP contribution in [0.15, 0.2) is 94.3 Å². The second-order valence-corrected chi connectivity index (χ2v) is 8.47. The summed E-state index contributed by atoms with van der Waals surface area (Å²) in [6.45, 7) is 1.93. The van der Waals surface area contributed by atoms with E-state index in [1.54, 1.807) is 48.5 Å². The predicted octanol–water partition coefficient (Wildman–Crippen LogP) is 5.45. The molecule has 8 nitrogen and oxygen atoms in total. The van der Waals surface area contributed by atoms with E-state index in [0.717, 1.165) is 5.56 Å². The number of furan rings is 1. The largest absolute Gasteiger partial charge is 0.449 e. The second kappa shape index (κ2) is 9.52. The third kappa shape index (κ3) is 4.62. The minimum atomic E-state index is -0.773. The number of aryl methyl sites for hydroxylation is 1. The number of nitrogens with one attached hydrogen (secondary N) is 2. The van der Waals surface area contributed by atoms with Crippen LogP contribution in [-0.2, 0) is 0 Å². The lowest BCUT2D eigenvalue weighted by molar-refractivity contribution is 0.0999. The number of para-hydroxylation sites is 1. The zero-order valence-electron chi connectivity index (χ0n) is 19.0. The zero-order valence-corrected chi connectivity index (χ0v) is 19.7. The highest BCUT2D eigenvalue weighted by molar-refractivity contribution is 6.31. The fraction of sp³-hybridized carbons (Fsp3) is 0.0370. The van der Waals surface area contributed by atoms with Gasteiger partial charge in [0.1, 0.15) is 11.3 Å². The lowest BCUT2D eigenvalue weighted by atomic mass is 10.2. The van der Waals surface area contributed by atoms with Gasteiger partial charge in [-0.15, -0.1) is 0 Å². The number of carbonyl (C=O) groups is 2. The predicted molar refractivity (Wildman–Crippen MR) is 138 cm³/mol. The lowest BCUT2D eigenvalue weighted by Crippen LogP contribution is -2.26. The van der Waals surface area contributed by atoms with Crippen LogP contribution in [0.1, 0.15) is 26.6 Å². The number of amides is 2. The van der Waals surface area contributed by atoms with E-state index in [2.05, 4.69) is 15.7 Å². The molecule has 178 valence electrons. The molecule has 2 heterocycles. The summed E-state index contributed by atoms with van der Waals surface area (Å²) >= 11 is 6.02. The maximum absolute atomic E-state index is 13.2. The van der Waals surface area contributed by atoms with Crippen molar-refractivity contribution < 1.29 is 14.0 Å². The van der Waals surface area contributed by atoms with Crippen LogP contribution < -0.4 is 16.1 Å². The number of rotatable bonds is 5. The molecule has 36 heavy (non-hydrogen) atoms. The van der Waals surface area contributed by atoms with Gasteiger partial charge in [0.15, 0.2) is 5.69 Å². The van der Waals surface area contributed by atoms with Gasteiger partial charge in [0.05, 0.1) is 5.69 Å². The van der Waals surface area contributed by atoms with E-state index in [1.807, 2.05) is 31.2 Å². The summed E-state index contributed by atoms with van der Waals surface area (Å²) in [5, 5.41) is 10.6. The Hall–Kier alpha value is -4.69. The molecule has 0 aliphatic heterocycles. The number of hydrogen-bond donors (Lipinski definition) is 2. The van der Waals surface area contributed by atoms with Crippen LogP contribution in [0.5, 0.6) is 0 Å². The first-order chi connectivity index (χ1) is 17.4. The topological polar surface area (TPSA) is 106 Å². The Morgan fingerprint density at radius 3 is 2.53 bits per heavy atom. The molecule has 0 aliphatic rings. The first-order valence-corrected chi connectivity index (χ1v) is 11.3. The molecule has 5 rings (SSSR count). The molecular formula is C27H19ClN4O4. The molecule has 0 saturated heterocycles. The SMILES string of the molecule is Cc1cccc(-n2ccc(=O)c(C(=O)Nc3c(C(=O)Nc4cccc(Cl)c4)oc4ccccc34)n2)c1. The molecule has 0 fully saturated rings. The van der Waals surface area contributed by atoms with Gasteiger partial charge in [0.25, 0.3) is 11.8 Å². The third-order valence-corrected chi connectivity index (χ3v) is 5.65. The first kappa shape index (κ1) is 23.1. The van der Waals surface area contributed by atoms with Gasteiger partial charge in [-0.05, 0) is 55.0 Å². The van der Waals surface area contributed by atoms with Crippen molar-refractivity contribution in [1.82, 2.24) is 9.78 Å². The standard InChI is InChI=1S/C27H19ClN4O4/c1-16-6-4-9-19(14-16)32-13-12-21(33)24(31-32)26(34)30-23-20-10-2-3-11-22(20)36-25(23)27(35)29-18-8-5-7-17(28)15-18/h2-15H,1H3,(H,29,35)(H,30,34). The Morgan fingerprint density at radius 2 is 1.72 bits per heavy atom. The van der Waals surface area contributed by atoms with Gasteiger partial charge in [-0.3, -0.25) is 14.4 Å². The van der Waals surface area contributed by atoms with Crippen molar-refractivity contribution in [2.45, 2.75) is 6.92 Å². The number of hydrogen-bond acceptors (Lipinski definition) is 5. The van der Waals surface area contributed by atoms with Crippen molar-refractivity contribution >= 4 is 45.8 Å².